The molecule has 1 fully saturated rings. The summed E-state index contributed by atoms with van der Waals surface area (Å²) >= 11 is 0. The zero-order chi connectivity index (χ0) is 13.7. The van der Waals surface area contributed by atoms with Gasteiger partial charge in [-0.1, -0.05) is 38.5 Å². The first-order chi connectivity index (χ1) is 9.24. The van der Waals surface area contributed by atoms with Crippen LogP contribution in [0.25, 0.3) is 0 Å². The largest absolute Gasteiger partial charge is 0.415 e. The molecule has 0 N–H and O–H groups in total. The quantitative estimate of drug-likeness (QED) is 0.820. The van der Waals surface area contributed by atoms with Gasteiger partial charge in [-0.3, -0.25) is 0 Å². The van der Waals surface area contributed by atoms with Crippen molar-refractivity contribution in [1.29, 1.82) is 0 Å². The molecule has 19 heavy (non-hydrogen) atoms. The Kier molecular flexibility index (Phi) is 4.83. The van der Waals surface area contributed by atoms with Gasteiger partial charge in [0.25, 0.3) is 0 Å². The number of benzene rings is 1. The van der Waals surface area contributed by atoms with E-state index in [0.717, 1.165) is 31.7 Å². The molecule has 1 heterocycles. The molecule has 2 atom stereocenters. The minimum atomic E-state index is -0.201. The third kappa shape index (κ3) is 3.49. The van der Waals surface area contributed by atoms with Crippen LogP contribution in [-0.4, -0.2) is 23.6 Å². The van der Waals surface area contributed by atoms with Gasteiger partial charge in [0.2, 0.25) is 0 Å². The number of hydrogen-bond donors (Lipinski definition) is 0. The van der Waals surface area contributed by atoms with E-state index in [4.69, 9.17) is 4.74 Å². The summed E-state index contributed by atoms with van der Waals surface area (Å²) in [4.78, 5) is 14.1. The normalized spacial score (nSPS) is 23.2. The van der Waals surface area contributed by atoms with Gasteiger partial charge in [0.1, 0.15) is 5.75 Å². The van der Waals surface area contributed by atoms with E-state index in [1.165, 1.54) is 6.42 Å². The number of amides is 1. The number of carbonyl (C=O) groups is 1. The van der Waals surface area contributed by atoms with Gasteiger partial charge in [-0.2, -0.15) is 0 Å². The second kappa shape index (κ2) is 6.60. The standard InChI is InChI=1S/C16H23NO2/c1-3-13-10-11-17(14(4-2)12-13)16(18)19-15-8-6-5-7-9-15/h5-9,13-14H,3-4,10-12H2,1-2H3. The summed E-state index contributed by atoms with van der Waals surface area (Å²) in [5.74, 6) is 1.38. The van der Waals surface area contributed by atoms with Gasteiger partial charge in [0.15, 0.2) is 0 Å². The maximum atomic E-state index is 12.2. The number of piperidine rings is 1. The van der Waals surface area contributed by atoms with E-state index in [-0.39, 0.29) is 6.09 Å². The molecule has 0 aliphatic carbocycles. The number of ether oxygens (including phenoxy) is 1. The fraction of sp³-hybridized carbons (Fsp3) is 0.562. The average molecular weight is 261 g/mol. The fourth-order valence-electron chi connectivity index (χ4n) is 2.78. The lowest BCUT2D eigenvalue weighted by atomic mass is 9.88. The molecule has 1 aromatic carbocycles. The number of para-hydroxylation sites is 1. The van der Waals surface area contributed by atoms with E-state index < -0.39 is 0 Å². The van der Waals surface area contributed by atoms with Crippen molar-refractivity contribution in [2.75, 3.05) is 6.54 Å². The second-order valence-electron chi connectivity index (χ2n) is 5.24. The molecular formula is C16H23NO2. The first kappa shape index (κ1) is 13.9. The Hall–Kier alpha value is -1.51. The summed E-state index contributed by atoms with van der Waals surface area (Å²) in [6, 6.07) is 9.63. The van der Waals surface area contributed by atoms with E-state index in [1.54, 1.807) is 0 Å². The van der Waals surface area contributed by atoms with Crippen molar-refractivity contribution in [3.63, 3.8) is 0 Å². The fourth-order valence-corrected chi connectivity index (χ4v) is 2.78. The molecule has 0 radical (unpaired) electrons. The van der Waals surface area contributed by atoms with Gasteiger partial charge in [0.05, 0.1) is 0 Å². The lowest BCUT2D eigenvalue weighted by Gasteiger charge is -2.38. The van der Waals surface area contributed by atoms with E-state index in [0.29, 0.717) is 11.8 Å². The molecule has 104 valence electrons. The minimum Gasteiger partial charge on any atom is -0.410 e. The monoisotopic (exact) mass is 261 g/mol. The van der Waals surface area contributed by atoms with Crippen LogP contribution in [0.3, 0.4) is 0 Å². The molecule has 2 unspecified atom stereocenters. The molecule has 0 saturated carbocycles. The Balaban J connectivity index is 1.98. The highest BCUT2D eigenvalue weighted by atomic mass is 16.6. The Morgan fingerprint density at radius 3 is 2.63 bits per heavy atom. The number of carbonyl (C=O) groups excluding carboxylic acids is 1. The van der Waals surface area contributed by atoms with Crippen LogP contribution in [0.15, 0.2) is 30.3 Å². The number of likely N-dealkylation sites (tertiary alicyclic amines) is 1. The predicted octanol–water partition coefficient (Wildman–Crippen LogP) is 4.09. The lowest BCUT2D eigenvalue weighted by molar-refractivity contribution is 0.0925. The van der Waals surface area contributed by atoms with Crippen LogP contribution in [0, 0.1) is 5.92 Å². The van der Waals surface area contributed by atoms with Crippen LogP contribution in [0.1, 0.15) is 39.5 Å². The molecule has 1 amide bonds. The van der Waals surface area contributed by atoms with Crippen molar-refractivity contribution in [3.05, 3.63) is 30.3 Å². The highest BCUT2D eigenvalue weighted by Gasteiger charge is 2.30. The molecular weight excluding hydrogens is 238 g/mol. The number of hydrogen-bond acceptors (Lipinski definition) is 2. The van der Waals surface area contributed by atoms with E-state index in [2.05, 4.69) is 13.8 Å². The molecule has 1 aliphatic rings. The van der Waals surface area contributed by atoms with Crippen LogP contribution in [0.4, 0.5) is 4.79 Å². The summed E-state index contributed by atoms with van der Waals surface area (Å²) in [7, 11) is 0. The van der Waals surface area contributed by atoms with Gasteiger partial charge in [-0.25, -0.2) is 4.79 Å². The van der Waals surface area contributed by atoms with E-state index >= 15 is 0 Å². The Bertz CT molecular complexity index is 404. The summed E-state index contributed by atoms with van der Waals surface area (Å²) in [6.07, 6.45) is 4.21. The van der Waals surface area contributed by atoms with Crippen molar-refractivity contribution < 1.29 is 9.53 Å². The molecule has 0 aromatic heterocycles. The Morgan fingerprint density at radius 1 is 1.26 bits per heavy atom. The van der Waals surface area contributed by atoms with Crippen molar-refractivity contribution in [3.8, 4) is 5.75 Å². The van der Waals surface area contributed by atoms with Gasteiger partial charge in [-0.05, 0) is 37.3 Å². The van der Waals surface area contributed by atoms with Gasteiger partial charge in [-0.15, -0.1) is 0 Å². The van der Waals surface area contributed by atoms with Crippen molar-refractivity contribution in [1.82, 2.24) is 4.90 Å². The number of nitrogens with zero attached hydrogens (tertiary/aromatic N) is 1. The van der Waals surface area contributed by atoms with E-state index in [1.807, 2.05) is 35.2 Å². The molecule has 0 spiro atoms. The Morgan fingerprint density at radius 2 is 2.00 bits per heavy atom. The van der Waals surface area contributed by atoms with Gasteiger partial charge < -0.3 is 9.64 Å². The van der Waals surface area contributed by atoms with E-state index in [9.17, 15) is 4.79 Å². The highest BCUT2D eigenvalue weighted by molar-refractivity contribution is 5.71. The third-order valence-electron chi connectivity index (χ3n) is 4.06. The van der Waals surface area contributed by atoms with Gasteiger partial charge in [0, 0.05) is 12.6 Å². The average Bonchev–Trinajstić information content (AvgIpc) is 2.47. The molecule has 1 aromatic rings. The smallest absolute Gasteiger partial charge is 0.410 e. The molecule has 3 heteroatoms. The summed E-state index contributed by atoms with van der Waals surface area (Å²) in [6.45, 7) is 5.20. The molecule has 0 bridgehead atoms. The highest BCUT2D eigenvalue weighted by Crippen LogP contribution is 2.27. The minimum absolute atomic E-state index is 0.201. The molecule has 2 rings (SSSR count). The van der Waals surface area contributed by atoms with Crippen LogP contribution < -0.4 is 4.74 Å². The first-order valence-corrected chi connectivity index (χ1v) is 7.28. The zero-order valence-corrected chi connectivity index (χ0v) is 11.8. The van der Waals surface area contributed by atoms with Crippen LogP contribution in [-0.2, 0) is 0 Å². The predicted molar refractivity (Wildman–Crippen MR) is 76.3 cm³/mol. The third-order valence-corrected chi connectivity index (χ3v) is 4.06. The van der Waals surface area contributed by atoms with Crippen molar-refractivity contribution in [2.24, 2.45) is 5.92 Å². The van der Waals surface area contributed by atoms with Crippen molar-refractivity contribution in [2.45, 2.75) is 45.6 Å². The lowest BCUT2D eigenvalue weighted by Crippen LogP contribution is -2.47. The summed E-state index contributed by atoms with van der Waals surface area (Å²) < 4.78 is 5.44. The second-order valence-corrected chi connectivity index (χ2v) is 5.24. The van der Waals surface area contributed by atoms with Crippen LogP contribution >= 0.6 is 0 Å². The SMILES string of the molecule is CCC1CCN(C(=O)Oc2ccccc2)C(CC)C1. The molecule has 1 saturated heterocycles. The van der Waals surface area contributed by atoms with Gasteiger partial charge >= 0.3 is 6.09 Å². The number of rotatable bonds is 3. The zero-order valence-electron chi connectivity index (χ0n) is 11.8. The Labute approximate surface area is 115 Å². The summed E-state index contributed by atoms with van der Waals surface area (Å²) in [5.41, 5.74) is 0. The maximum absolute atomic E-state index is 12.2. The van der Waals surface area contributed by atoms with Crippen molar-refractivity contribution >= 4 is 6.09 Å². The maximum Gasteiger partial charge on any atom is 0.415 e. The molecule has 3 nitrogen and oxygen atoms in total. The summed E-state index contributed by atoms with van der Waals surface area (Å²) in [5, 5.41) is 0. The first-order valence-electron chi connectivity index (χ1n) is 7.28. The molecule has 1 aliphatic heterocycles. The topological polar surface area (TPSA) is 29.5 Å². The van der Waals surface area contributed by atoms with Crippen LogP contribution in [0.5, 0.6) is 5.75 Å². The van der Waals surface area contributed by atoms with Crippen LogP contribution in [0.2, 0.25) is 0 Å².